The minimum Gasteiger partial charge on any atom is -0.465 e. The molecule has 1 aromatic heterocycles. The Morgan fingerprint density at radius 3 is 2.56 bits per heavy atom. The van der Waals surface area contributed by atoms with Gasteiger partial charge in [-0.25, -0.2) is 14.2 Å². The maximum Gasteiger partial charge on any atom is 0.339 e. The fraction of sp³-hybridized carbons (Fsp3) is 0.0556. The predicted octanol–water partition coefficient (Wildman–Crippen LogP) is 3.89. The molecule has 0 spiro atoms. The Balaban J connectivity index is 1.81. The summed E-state index contributed by atoms with van der Waals surface area (Å²) >= 11 is 0. The number of halogens is 1. The topological polar surface area (TPSA) is 76.1 Å². The molecule has 0 unspecified atom stereocenters. The van der Waals surface area contributed by atoms with E-state index >= 15 is 0 Å². The van der Waals surface area contributed by atoms with E-state index < -0.39 is 5.97 Å². The van der Waals surface area contributed by atoms with Gasteiger partial charge in [-0.15, -0.1) is 0 Å². The summed E-state index contributed by atoms with van der Waals surface area (Å²) in [6, 6.07) is 14.5. The maximum atomic E-state index is 13.0. The lowest BCUT2D eigenvalue weighted by molar-refractivity contribution is 0.0602. The molecule has 3 rings (SSSR count). The average molecular weight is 338 g/mol. The number of hydrogen-bond donors (Lipinski definition) is 2. The van der Waals surface area contributed by atoms with E-state index in [1.54, 1.807) is 48.7 Å². The zero-order valence-electron chi connectivity index (χ0n) is 13.4. The number of nitrogens with one attached hydrogen (secondary N) is 2. The maximum absolute atomic E-state index is 13.0. The summed E-state index contributed by atoms with van der Waals surface area (Å²) in [6.45, 7) is 0. The second-order valence-corrected chi connectivity index (χ2v) is 5.06. The number of carbonyl (C=O) groups is 1. The summed E-state index contributed by atoms with van der Waals surface area (Å²) in [6.07, 6.45) is 1.57. The van der Waals surface area contributed by atoms with Gasteiger partial charge in [0.15, 0.2) is 0 Å². The van der Waals surface area contributed by atoms with Gasteiger partial charge < -0.3 is 15.4 Å². The molecule has 3 aromatic rings. The van der Waals surface area contributed by atoms with Crippen molar-refractivity contribution in [1.29, 1.82) is 0 Å². The molecule has 0 aliphatic rings. The van der Waals surface area contributed by atoms with E-state index in [1.807, 2.05) is 0 Å². The summed E-state index contributed by atoms with van der Waals surface area (Å²) < 4.78 is 17.7. The van der Waals surface area contributed by atoms with Crippen LogP contribution in [-0.4, -0.2) is 23.0 Å². The van der Waals surface area contributed by atoms with Crippen LogP contribution in [0.4, 0.5) is 27.5 Å². The van der Waals surface area contributed by atoms with Gasteiger partial charge in [0.25, 0.3) is 0 Å². The molecular weight excluding hydrogens is 323 g/mol. The van der Waals surface area contributed by atoms with E-state index in [0.717, 1.165) is 0 Å². The predicted molar refractivity (Wildman–Crippen MR) is 92.8 cm³/mol. The largest absolute Gasteiger partial charge is 0.465 e. The highest BCUT2D eigenvalue weighted by Gasteiger charge is 2.11. The first-order chi connectivity index (χ1) is 12.2. The SMILES string of the molecule is COC(=O)c1ccccc1Nc1ccnc(Nc2ccc(F)cc2)n1. The van der Waals surface area contributed by atoms with E-state index in [2.05, 4.69) is 20.6 Å². The van der Waals surface area contributed by atoms with E-state index in [-0.39, 0.29) is 5.82 Å². The summed E-state index contributed by atoms with van der Waals surface area (Å²) in [4.78, 5) is 20.3. The zero-order chi connectivity index (χ0) is 17.6. The van der Waals surface area contributed by atoms with E-state index in [9.17, 15) is 9.18 Å². The lowest BCUT2D eigenvalue weighted by atomic mass is 10.2. The molecule has 0 aliphatic carbocycles. The molecule has 0 atom stereocenters. The van der Waals surface area contributed by atoms with Crippen LogP contribution in [0.15, 0.2) is 60.8 Å². The van der Waals surface area contributed by atoms with Crippen molar-refractivity contribution in [2.24, 2.45) is 0 Å². The minimum absolute atomic E-state index is 0.318. The van der Waals surface area contributed by atoms with Gasteiger partial charge >= 0.3 is 5.97 Å². The van der Waals surface area contributed by atoms with Crippen molar-refractivity contribution in [3.8, 4) is 0 Å². The van der Waals surface area contributed by atoms with Crippen molar-refractivity contribution in [2.75, 3.05) is 17.7 Å². The standard InChI is InChI=1S/C18H15FN4O2/c1-25-17(24)14-4-2-3-5-15(14)22-16-10-11-20-18(23-16)21-13-8-6-12(19)7-9-13/h2-11H,1H3,(H2,20,21,22,23). The van der Waals surface area contributed by atoms with Gasteiger partial charge in [0.1, 0.15) is 11.6 Å². The van der Waals surface area contributed by atoms with Crippen LogP contribution in [0.2, 0.25) is 0 Å². The Kier molecular flexibility index (Phi) is 4.84. The molecule has 1 heterocycles. The van der Waals surface area contributed by atoms with E-state index in [4.69, 9.17) is 4.74 Å². The third-order valence-corrected chi connectivity index (χ3v) is 3.35. The molecule has 0 fully saturated rings. The quantitative estimate of drug-likeness (QED) is 0.687. The number of ether oxygens (including phenoxy) is 1. The van der Waals surface area contributed by atoms with Crippen LogP contribution >= 0.6 is 0 Å². The van der Waals surface area contributed by atoms with Crippen LogP contribution in [0, 0.1) is 5.82 Å². The molecule has 0 saturated carbocycles. The fourth-order valence-electron chi connectivity index (χ4n) is 2.17. The van der Waals surface area contributed by atoms with Gasteiger partial charge in [-0.2, -0.15) is 4.98 Å². The number of aromatic nitrogens is 2. The number of carbonyl (C=O) groups excluding carboxylic acids is 1. The summed E-state index contributed by atoms with van der Waals surface area (Å²) in [5.74, 6) is 0.0752. The first-order valence-corrected chi connectivity index (χ1v) is 7.46. The Labute approximate surface area is 143 Å². The normalized spacial score (nSPS) is 10.2. The zero-order valence-corrected chi connectivity index (χ0v) is 13.4. The van der Waals surface area contributed by atoms with Crippen LogP contribution in [0.5, 0.6) is 0 Å². The Hall–Kier alpha value is -3.48. The molecule has 6 nitrogen and oxygen atoms in total. The highest BCUT2D eigenvalue weighted by atomic mass is 19.1. The monoisotopic (exact) mass is 338 g/mol. The van der Waals surface area contributed by atoms with E-state index in [1.165, 1.54) is 19.2 Å². The summed E-state index contributed by atoms with van der Waals surface area (Å²) in [5, 5.41) is 6.06. The molecule has 0 radical (unpaired) electrons. The molecule has 126 valence electrons. The summed E-state index contributed by atoms with van der Waals surface area (Å²) in [7, 11) is 1.33. The Morgan fingerprint density at radius 1 is 1.04 bits per heavy atom. The number of esters is 1. The van der Waals surface area contributed by atoms with Crippen LogP contribution in [0.3, 0.4) is 0 Å². The first-order valence-electron chi connectivity index (χ1n) is 7.46. The number of methoxy groups -OCH3 is 1. The van der Waals surface area contributed by atoms with Crippen LogP contribution < -0.4 is 10.6 Å². The van der Waals surface area contributed by atoms with Gasteiger partial charge in [0.05, 0.1) is 18.4 Å². The Morgan fingerprint density at radius 2 is 1.80 bits per heavy atom. The number of rotatable bonds is 5. The third-order valence-electron chi connectivity index (χ3n) is 3.35. The van der Waals surface area contributed by atoms with Crippen molar-refractivity contribution >= 4 is 29.1 Å². The van der Waals surface area contributed by atoms with Crippen LogP contribution in [0.1, 0.15) is 10.4 Å². The third kappa shape index (κ3) is 4.08. The molecule has 7 heteroatoms. The van der Waals surface area contributed by atoms with Gasteiger partial charge in [0.2, 0.25) is 5.95 Å². The Bertz CT molecular complexity index is 884. The number of benzene rings is 2. The molecular formula is C18H15FN4O2. The van der Waals surface area contributed by atoms with Gasteiger partial charge in [-0.1, -0.05) is 12.1 Å². The number of anilines is 4. The second-order valence-electron chi connectivity index (χ2n) is 5.06. The average Bonchev–Trinajstić information content (AvgIpc) is 2.64. The molecule has 0 amide bonds. The molecule has 0 saturated heterocycles. The summed E-state index contributed by atoms with van der Waals surface area (Å²) in [5.41, 5.74) is 1.63. The highest BCUT2D eigenvalue weighted by molar-refractivity contribution is 5.96. The van der Waals surface area contributed by atoms with Crippen LogP contribution in [0.25, 0.3) is 0 Å². The van der Waals surface area contributed by atoms with Crippen molar-refractivity contribution in [3.05, 3.63) is 72.2 Å². The molecule has 0 bridgehead atoms. The molecule has 2 aromatic carbocycles. The molecule has 2 N–H and O–H groups in total. The number of para-hydroxylation sites is 1. The van der Waals surface area contributed by atoms with Crippen molar-refractivity contribution in [1.82, 2.24) is 9.97 Å². The lowest BCUT2D eigenvalue weighted by Gasteiger charge is -2.11. The lowest BCUT2D eigenvalue weighted by Crippen LogP contribution is -2.06. The molecule has 0 aliphatic heterocycles. The smallest absolute Gasteiger partial charge is 0.339 e. The molecule has 25 heavy (non-hydrogen) atoms. The van der Waals surface area contributed by atoms with Crippen molar-refractivity contribution in [3.63, 3.8) is 0 Å². The second kappa shape index (κ2) is 7.39. The van der Waals surface area contributed by atoms with Gasteiger partial charge in [-0.05, 0) is 42.5 Å². The first kappa shape index (κ1) is 16.4. The highest BCUT2D eigenvalue weighted by Crippen LogP contribution is 2.21. The van der Waals surface area contributed by atoms with Crippen molar-refractivity contribution in [2.45, 2.75) is 0 Å². The van der Waals surface area contributed by atoms with Crippen molar-refractivity contribution < 1.29 is 13.9 Å². The number of hydrogen-bond acceptors (Lipinski definition) is 6. The minimum atomic E-state index is -0.443. The van der Waals surface area contributed by atoms with E-state index in [0.29, 0.717) is 28.7 Å². The van der Waals surface area contributed by atoms with Gasteiger partial charge in [0, 0.05) is 11.9 Å². The van der Waals surface area contributed by atoms with Gasteiger partial charge in [-0.3, -0.25) is 0 Å². The number of nitrogens with zero attached hydrogens (tertiary/aromatic N) is 2. The fourth-order valence-corrected chi connectivity index (χ4v) is 2.17. The van der Waals surface area contributed by atoms with Crippen LogP contribution in [-0.2, 0) is 4.74 Å².